The Labute approximate surface area is 150 Å². The van der Waals surface area contributed by atoms with Gasteiger partial charge in [0.25, 0.3) is 0 Å². The molecule has 0 saturated carbocycles. The number of morpholine rings is 1. The molecule has 1 unspecified atom stereocenters. The van der Waals surface area contributed by atoms with Gasteiger partial charge >= 0.3 is 0 Å². The minimum atomic E-state index is -0.599. The molecule has 2 N–H and O–H groups in total. The molecular formula is C19H20F2N2O3. The van der Waals surface area contributed by atoms with Crippen molar-refractivity contribution in [2.45, 2.75) is 19.1 Å². The first-order chi connectivity index (χ1) is 12.6. The molecule has 0 radical (unpaired) electrons. The number of ether oxygens (including phenoxy) is 2. The average molecular weight is 362 g/mol. The number of amides is 1. The second-order valence-corrected chi connectivity index (χ2v) is 6.04. The summed E-state index contributed by atoms with van der Waals surface area (Å²) in [6.07, 6.45) is 0.249. The largest absolute Gasteiger partial charge is 0.486 e. The van der Waals surface area contributed by atoms with Gasteiger partial charge in [0.2, 0.25) is 5.91 Å². The summed E-state index contributed by atoms with van der Waals surface area (Å²) in [7, 11) is 0. The van der Waals surface area contributed by atoms with Crippen LogP contribution in [0.1, 0.15) is 12.0 Å². The molecule has 26 heavy (non-hydrogen) atoms. The lowest BCUT2D eigenvalue weighted by Crippen LogP contribution is -2.43. The van der Waals surface area contributed by atoms with E-state index in [2.05, 4.69) is 10.6 Å². The fourth-order valence-corrected chi connectivity index (χ4v) is 2.67. The van der Waals surface area contributed by atoms with E-state index in [4.69, 9.17) is 9.47 Å². The standard InChI is InChI=1S/C19H20F2N2O3/c20-14-3-1-2-13(8-14)11-26-18-5-4-15(9-17(18)21)23-19(24)10-16-12-25-7-6-22-16/h1-5,8-9,16,22H,6-7,10-12H2,(H,23,24). The molecule has 1 aliphatic heterocycles. The third-order valence-electron chi connectivity index (χ3n) is 3.93. The number of halogens is 2. The van der Waals surface area contributed by atoms with Crippen molar-refractivity contribution >= 4 is 11.6 Å². The van der Waals surface area contributed by atoms with Crippen LogP contribution in [0.2, 0.25) is 0 Å². The summed E-state index contributed by atoms with van der Waals surface area (Å²) in [5, 5.41) is 5.84. The Morgan fingerprint density at radius 2 is 2.15 bits per heavy atom. The molecule has 0 aromatic heterocycles. The van der Waals surface area contributed by atoms with Crippen LogP contribution in [0.4, 0.5) is 14.5 Å². The van der Waals surface area contributed by atoms with E-state index in [0.717, 1.165) is 0 Å². The van der Waals surface area contributed by atoms with Crippen LogP contribution in [0.25, 0.3) is 0 Å². The molecule has 3 rings (SSSR count). The second kappa shape index (κ2) is 8.73. The lowest BCUT2D eigenvalue weighted by Gasteiger charge is -2.23. The Hall–Kier alpha value is -2.51. The Bertz CT molecular complexity index is 764. The SMILES string of the molecule is O=C(CC1COCCN1)Nc1ccc(OCc2cccc(F)c2)c(F)c1. The molecule has 7 heteroatoms. The quantitative estimate of drug-likeness (QED) is 0.830. The molecule has 0 spiro atoms. The van der Waals surface area contributed by atoms with Gasteiger partial charge in [-0.3, -0.25) is 4.79 Å². The number of hydrogen-bond donors (Lipinski definition) is 2. The van der Waals surface area contributed by atoms with Crippen molar-refractivity contribution in [3.8, 4) is 5.75 Å². The van der Waals surface area contributed by atoms with Crippen LogP contribution >= 0.6 is 0 Å². The molecule has 1 fully saturated rings. The molecule has 2 aromatic rings. The molecule has 1 saturated heterocycles. The summed E-state index contributed by atoms with van der Waals surface area (Å²) in [6, 6.07) is 10.1. The van der Waals surface area contributed by atoms with Crippen LogP contribution in [0.3, 0.4) is 0 Å². The number of nitrogens with one attached hydrogen (secondary N) is 2. The summed E-state index contributed by atoms with van der Waals surface area (Å²) in [5.41, 5.74) is 0.950. The van der Waals surface area contributed by atoms with Gasteiger partial charge in [-0.05, 0) is 29.8 Å². The molecule has 1 amide bonds. The number of anilines is 1. The Morgan fingerprint density at radius 3 is 2.88 bits per heavy atom. The molecule has 0 aliphatic carbocycles. The van der Waals surface area contributed by atoms with Crippen LogP contribution in [0.15, 0.2) is 42.5 Å². The van der Waals surface area contributed by atoms with Gasteiger partial charge in [-0.2, -0.15) is 0 Å². The highest BCUT2D eigenvalue weighted by atomic mass is 19.1. The van der Waals surface area contributed by atoms with Crippen molar-refractivity contribution < 1.29 is 23.0 Å². The van der Waals surface area contributed by atoms with Gasteiger partial charge in [0.05, 0.1) is 13.2 Å². The van der Waals surface area contributed by atoms with Crippen LogP contribution < -0.4 is 15.4 Å². The summed E-state index contributed by atoms with van der Waals surface area (Å²) in [4.78, 5) is 12.0. The maximum Gasteiger partial charge on any atom is 0.226 e. The van der Waals surface area contributed by atoms with Gasteiger partial charge in [0.1, 0.15) is 12.4 Å². The van der Waals surface area contributed by atoms with Crippen LogP contribution in [0.5, 0.6) is 5.75 Å². The van der Waals surface area contributed by atoms with Crippen molar-refractivity contribution in [3.05, 3.63) is 59.7 Å². The number of carbonyl (C=O) groups is 1. The molecule has 1 heterocycles. The monoisotopic (exact) mass is 362 g/mol. The van der Waals surface area contributed by atoms with Crippen molar-refractivity contribution in [1.82, 2.24) is 5.32 Å². The van der Waals surface area contributed by atoms with E-state index in [1.165, 1.54) is 24.3 Å². The third kappa shape index (κ3) is 5.24. The molecule has 5 nitrogen and oxygen atoms in total. The zero-order valence-electron chi connectivity index (χ0n) is 14.1. The predicted molar refractivity (Wildman–Crippen MR) is 93.0 cm³/mol. The Kier molecular flexibility index (Phi) is 6.14. The minimum Gasteiger partial charge on any atom is -0.486 e. The van der Waals surface area contributed by atoms with E-state index < -0.39 is 5.82 Å². The zero-order chi connectivity index (χ0) is 18.4. The summed E-state index contributed by atoms with van der Waals surface area (Å²) in [6.45, 7) is 1.88. The normalized spacial score (nSPS) is 16.9. The van der Waals surface area contributed by atoms with E-state index in [1.807, 2.05) is 0 Å². The van der Waals surface area contributed by atoms with Gasteiger partial charge in [-0.25, -0.2) is 8.78 Å². The first kappa shape index (κ1) is 18.3. The van der Waals surface area contributed by atoms with Gasteiger partial charge in [0, 0.05) is 30.8 Å². The Balaban J connectivity index is 1.54. The van der Waals surface area contributed by atoms with Gasteiger partial charge < -0.3 is 20.1 Å². The first-order valence-corrected chi connectivity index (χ1v) is 8.38. The second-order valence-electron chi connectivity index (χ2n) is 6.04. The third-order valence-corrected chi connectivity index (χ3v) is 3.93. The maximum absolute atomic E-state index is 14.2. The number of benzene rings is 2. The summed E-state index contributed by atoms with van der Waals surface area (Å²) >= 11 is 0. The molecule has 2 aromatic carbocycles. The van der Waals surface area contributed by atoms with Crippen LogP contribution in [-0.2, 0) is 16.1 Å². The van der Waals surface area contributed by atoms with Gasteiger partial charge in [-0.1, -0.05) is 12.1 Å². The van der Waals surface area contributed by atoms with Crippen molar-refractivity contribution in [1.29, 1.82) is 0 Å². The van der Waals surface area contributed by atoms with E-state index in [1.54, 1.807) is 18.2 Å². The predicted octanol–water partition coefficient (Wildman–Crippen LogP) is 2.86. The Morgan fingerprint density at radius 1 is 1.27 bits per heavy atom. The lowest BCUT2D eigenvalue weighted by atomic mass is 10.2. The van der Waals surface area contributed by atoms with Crippen molar-refractivity contribution in [3.63, 3.8) is 0 Å². The van der Waals surface area contributed by atoms with Crippen LogP contribution in [-0.4, -0.2) is 31.7 Å². The highest BCUT2D eigenvalue weighted by Gasteiger charge is 2.17. The number of carbonyl (C=O) groups excluding carboxylic acids is 1. The average Bonchev–Trinajstić information content (AvgIpc) is 2.62. The first-order valence-electron chi connectivity index (χ1n) is 8.38. The highest BCUT2D eigenvalue weighted by molar-refractivity contribution is 5.91. The molecule has 1 aliphatic rings. The molecule has 138 valence electrons. The summed E-state index contributed by atoms with van der Waals surface area (Å²) < 4.78 is 38.0. The summed E-state index contributed by atoms with van der Waals surface area (Å²) in [5.74, 6) is -1.16. The topological polar surface area (TPSA) is 59.6 Å². The fraction of sp³-hybridized carbons (Fsp3) is 0.316. The van der Waals surface area contributed by atoms with Crippen molar-refractivity contribution in [2.24, 2.45) is 0 Å². The molecule has 0 bridgehead atoms. The maximum atomic E-state index is 14.2. The van der Waals surface area contributed by atoms with E-state index in [-0.39, 0.29) is 36.5 Å². The van der Waals surface area contributed by atoms with Crippen molar-refractivity contribution in [2.75, 3.05) is 25.1 Å². The molecule has 1 atom stereocenters. The van der Waals surface area contributed by atoms with E-state index in [9.17, 15) is 13.6 Å². The number of hydrogen-bond acceptors (Lipinski definition) is 4. The van der Waals surface area contributed by atoms with E-state index in [0.29, 0.717) is 31.0 Å². The fourth-order valence-electron chi connectivity index (χ4n) is 2.67. The highest BCUT2D eigenvalue weighted by Crippen LogP contribution is 2.22. The lowest BCUT2D eigenvalue weighted by molar-refractivity contribution is -0.117. The van der Waals surface area contributed by atoms with E-state index >= 15 is 0 Å². The zero-order valence-corrected chi connectivity index (χ0v) is 14.1. The number of rotatable bonds is 6. The van der Waals surface area contributed by atoms with Crippen LogP contribution in [0, 0.1) is 11.6 Å². The van der Waals surface area contributed by atoms with Gasteiger partial charge in [0.15, 0.2) is 11.6 Å². The van der Waals surface area contributed by atoms with Gasteiger partial charge in [-0.15, -0.1) is 0 Å². The molecular weight excluding hydrogens is 342 g/mol. The smallest absolute Gasteiger partial charge is 0.226 e. The minimum absolute atomic E-state index is 0.0367.